The number of esters is 1. The van der Waals surface area contributed by atoms with Crippen molar-refractivity contribution in [1.82, 2.24) is 0 Å². The van der Waals surface area contributed by atoms with Gasteiger partial charge in [0, 0.05) is 0 Å². The van der Waals surface area contributed by atoms with Crippen molar-refractivity contribution in [1.29, 1.82) is 0 Å². The Hall–Kier alpha value is -0.960. The van der Waals surface area contributed by atoms with Gasteiger partial charge in [0.25, 0.3) is 0 Å². The lowest BCUT2D eigenvalue weighted by Crippen LogP contribution is -2.12. The second-order valence-electron chi connectivity index (χ2n) is 3.33. The minimum atomic E-state index is -0.469. The zero-order valence-corrected chi connectivity index (χ0v) is 9.74. The van der Waals surface area contributed by atoms with Crippen LogP contribution in [0.2, 0.25) is 0 Å². The normalized spacial score (nSPS) is 12.1. The number of benzene rings is 1. The van der Waals surface area contributed by atoms with Gasteiger partial charge in [-0.1, -0.05) is 43.7 Å². The van der Waals surface area contributed by atoms with Gasteiger partial charge in [0.05, 0.1) is 6.61 Å². The number of ether oxygens (including phenoxy) is 1. The van der Waals surface area contributed by atoms with Gasteiger partial charge >= 0.3 is 5.97 Å². The Kier molecular flexibility index (Phi) is 5.26. The molecule has 15 heavy (non-hydrogen) atoms. The Labute approximate surface area is 96.1 Å². The van der Waals surface area contributed by atoms with Gasteiger partial charge in [-0.25, -0.2) is 0 Å². The number of hydrogen-bond acceptors (Lipinski definition) is 3. The summed E-state index contributed by atoms with van der Waals surface area (Å²) in [6, 6.07) is 9.43. The van der Waals surface area contributed by atoms with Crippen LogP contribution in [0.1, 0.15) is 30.6 Å². The van der Waals surface area contributed by atoms with Crippen LogP contribution >= 0.6 is 12.6 Å². The molecular weight excluding hydrogens is 208 g/mol. The van der Waals surface area contributed by atoms with Gasteiger partial charge in [0.2, 0.25) is 0 Å². The van der Waals surface area contributed by atoms with E-state index in [4.69, 9.17) is 4.74 Å². The summed E-state index contributed by atoms with van der Waals surface area (Å²) in [5.41, 5.74) is 0.877. The number of carbonyl (C=O) groups is 1. The van der Waals surface area contributed by atoms with E-state index in [1.165, 1.54) is 0 Å². The van der Waals surface area contributed by atoms with Gasteiger partial charge in [0.15, 0.2) is 0 Å². The monoisotopic (exact) mass is 224 g/mol. The molecule has 0 aromatic heterocycles. The van der Waals surface area contributed by atoms with Gasteiger partial charge in [-0.05, 0) is 12.0 Å². The van der Waals surface area contributed by atoms with Crippen LogP contribution in [0.25, 0.3) is 0 Å². The topological polar surface area (TPSA) is 26.3 Å². The molecule has 1 rings (SSSR count). The largest absolute Gasteiger partial charge is 0.465 e. The molecule has 0 bridgehead atoms. The third kappa shape index (κ3) is 3.96. The highest BCUT2D eigenvalue weighted by atomic mass is 32.1. The van der Waals surface area contributed by atoms with E-state index in [9.17, 15) is 4.79 Å². The fourth-order valence-electron chi connectivity index (χ4n) is 1.17. The van der Waals surface area contributed by atoms with Crippen LogP contribution in [0.3, 0.4) is 0 Å². The summed E-state index contributed by atoms with van der Waals surface area (Å²) in [7, 11) is 0. The summed E-state index contributed by atoms with van der Waals surface area (Å²) in [5, 5.41) is -0.469. The number of carbonyl (C=O) groups excluding carboxylic acids is 1. The van der Waals surface area contributed by atoms with Crippen LogP contribution in [-0.4, -0.2) is 12.6 Å². The maximum absolute atomic E-state index is 11.5. The molecule has 0 heterocycles. The van der Waals surface area contributed by atoms with E-state index in [-0.39, 0.29) is 5.97 Å². The predicted octanol–water partition coefficient (Wildman–Crippen LogP) is 3.00. The third-order valence-corrected chi connectivity index (χ3v) is 2.59. The number of hydrogen-bond donors (Lipinski definition) is 1. The Morgan fingerprint density at radius 3 is 2.67 bits per heavy atom. The first-order valence-electron chi connectivity index (χ1n) is 5.15. The molecule has 0 saturated heterocycles. The average Bonchev–Trinajstić information content (AvgIpc) is 2.29. The first kappa shape index (κ1) is 12.1. The smallest absolute Gasteiger partial charge is 0.323 e. The van der Waals surface area contributed by atoms with Crippen LogP contribution in [0.15, 0.2) is 30.3 Å². The first-order valence-corrected chi connectivity index (χ1v) is 5.67. The molecule has 1 aromatic carbocycles. The summed E-state index contributed by atoms with van der Waals surface area (Å²) in [5.74, 6) is -0.266. The second kappa shape index (κ2) is 6.51. The Morgan fingerprint density at radius 2 is 2.07 bits per heavy atom. The van der Waals surface area contributed by atoms with Crippen LogP contribution in [0.5, 0.6) is 0 Å². The lowest BCUT2D eigenvalue weighted by molar-refractivity contribution is -0.143. The van der Waals surface area contributed by atoms with Gasteiger partial charge in [-0.2, -0.15) is 12.6 Å². The Morgan fingerprint density at radius 1 is 1.40 bits per heavy atom. The highest BCUT2D eigenvalue weighted by Gasteiger charge is 2.16. The molecule has 1 atom stereocenters. The minimum absolute atomic E-state index is 0.266. The second-order valence-corrected chi connectivity index (χ2v) is 3.85. The van der Waals surface area contributed by atoms with E-state index in [0.29, 0.717) is 6.61 Å². The van der Waals surface area contributed by atoms with E-state index < -0.39 is 5.25 Å². The summed E-state index contributed by atoms with van der Waals surface area (Å²) in [6.07, 6.45) is 1.93. The molecule has 82 valence electrons. The summed E-state index contributed by atoms with van der Waals surface area (Å²) in [4.78, 5) is 11.5. The standard InChI is InChI=1S/C12H16O2S/c1-2-3-9-14-12(13)11(15)10-7-5-4-6-8-10/h4-8,11,15H,2-3,9H2,1H3. The van der Waals surface area contributed by atoms with Crippen LogP contribution in [0.4, 0.5) is 0 Å². The van der Waals surface area contributed by atoms with Crippen molar-refractivity contribution in [2.75, 3.05) is 6.61 Å². The van der Waals surface area contributed by atoms with E-state index in [2.05, 4.69) is 19.6 Å². The maximum atomic E-state index is 11.5. The quantitative estimate of drug-likeness (QED) is 0.473. The van der Waals surface area contributed by atoms with E-state index >= 15 is 0 Å². The van der Waals surface area contributed by atoms with Crippen LogP contribution in [-0.2, 0) is 9.53 Å². The average molecular weight is 224 g/mol. The number of thiol groups is 1. The SMILES string of the molecule is CCCCOC(=O)C(S)c1ccccc1. The van der Waals surface area contributed by atoms with E-state index in [1.54, 1.807) is 0 Å². The molecular formula is C12H16O2S. The molecule has 0 aliphatic carbocycles. The Balaban J connectivity index is 2.46. The van der Waals surface area contributed by atoms with Crippen molar-refractivity contribution >= 4 is 18.6 Å². The van der Waals surface area contributed by atoms with Crippen molar-refractivity contribution in [2.45, 2.75) is 25.0 Å². The molecule has 0 N–H and O–H groups in total. The van der Waals surface area contributed by atoms with Crippen molar-refractivity contribution in [2.24, 2.45) is 0 Å². The minimum Gasteiger partial charge on any atom is -0.465 e. The highest BCUT2D eigenvalue weighted by Crippen LogP contribution is 2.20. The molecule has 0 amide bonds. The van der Waals surface area contributed by atoms with Crippen molar-refractivity contribution in [3.8, 4) is 0 Å². The molecule has 0 saturated carbocycles. The first-order chi connectivity index (χ1) is 7.25. The van der Waals surface area contributed by atoms with Crippen molar-refractivity contribution < 1.29 is 9.53 Å². The summed E-state index contributed by atoms with van der Waals surface area (Å²) < 4.78 is 5.08. The molecule has 0 aliphatic rings. The van der Waals surface area contributed by atoms with Gasteiger partial charge in [-0.15, -0.1) is 0 Å². The zero-order chi connectivity index (χ0) is 11.1. The molecule has 3 heteroatoms. The molecule has 0 fully saturated rings. The van der Waals surface area contributed by atoms with Gasteiger partial charge in [0.1, 0.15) is 5.25 Å². The molecule has 1 unspecified atom stereocenters. The van der Waals surface area contributed by atoms with Crippen LogP contribution < -0.4 is 0 Å². The number of unbranched alkanes of at least 4 members (excludes halogenated alkanes) is 1. The lowest BCUT2D eigenvalue weighted by atomic mass is 10.1. The van der Waals surface area contributed by atoms with Gasteiger partial charge in [-0.3, -0.25) is 4.79 Å². The summed E-state index contributed by atoms with van der Waals surface area (Å²) >= 11 is 4.24. The van der Waals surface area contributed by atoms with Crippen LogP contribution in [0, 0.1) is 0 Å². The highest BCUT2D eigenvalue weighted by molar-refractivity contribution is 7.81. The molecule has 1 aromatic rings. The molecule has 2 nitrogen and oxygen atoms in total. The molecule has 0 radical (unpaired) electrons. The molecule has 0 spiro atoms. The fraction of sp³-hybridized carbons (Fsp3) is 0.417. The maximum Gasteiger partial charge on any atom is 0.323 e. The molecule has 0 aliphatic heterocycles. The summed E-state index contributed by atoms with van der Waals surface area (Å²) in [6.45, 7) is 2.54. The van der Waals surface area contributed by atoms with E-state index in [0.717, 1.165) is 18.4 Å². The van der Waals surface area contributed by atoms with Gasteiger partial charge < -0.3 is 4.74 Å². The number of rotatable bonds is 5. The lowest BCUT2D eigenvalue weighted by Gasteiger charge is -2.10. The third-order valence-electron chi connectivity index (χ3n) is 2.08. The van der Waals surface area contributed by atoms with E-state index in [1.807, 2.05) is 30.3 Å². The predicted molar refractivity (Wildman–Crippen MR) is 64.0 cm³/mol. The Bertz CT molecular complexity index is 298. The van der Waals surface area contributed by atoms with Crippen molar-refractivity contribution in [3.63, 3.8) is 0 Å². The fourth-order valence-corrected chi connectivity index (χ4v) is 1.41. The van der Waals surface area contributed by atoms with Crippen molar-refractivity contribution in [3.05, 3.63) is 35.9 Å². The zero-order valence-electron chi connectivity index (χ0n) is 8.85.